The molecule has 22 heteroatoms. The van der Waals surface area contributed by atoms with E-state index in [0.29, 0.717) is 0 Å². The van der Waals surface area contributed by atoms with Crippen LogP contribution in [0.5, 0.6) is 0 Å². The third-order valence-electron chi connectivity index (χ3n) is 3.62. The molecule has 0 unspecified atom stereocenters. The summed E-state index contributed by atoms with van der Waals surface area (Å²) in [5.41, 5.74) is 0. The fraction of sp³-hybridized carbons (Fsp3) is 0.636. The number of sulfone groups is 2. The summed E-state index contributed by atoms with van der Waals surface area (Å²) in [5.74, 6) is -32.9. The summed E-state index contributed by atoms with van der Waals surface area (Å²) >= 11 is 4.41. The van der Waals surface area contributed by atoms with Gasteiger partial charge >= 0.3 is 35.1 Å². The van der Waals surface area contributed by atoms with E-state index in [1.807, 2.05) is 0 Å². The van der Waals surface area contributed by atoms with Gasteiger partial charge < -0.3 is 0 Å². The molecule has 1 aromatic heterocycles. The van der Waals surface area contributed by atoms with Gasteiger partial charge in [0, 0.05) is 6.26 Å². The largest absolute Gasteiger partial charge is 0.460 e. The minimum absolute atomic E-state index is 0.111. The first-order chi connectivity index (χ1) is 14.0. The number of rotatable bonds is 7. The number of hydrogen-bond donors (Lipinski definition) is 0. The number of thiophene rings is 1. The molecule has 0 radical (unpaired) electrons. The quantitative estimate of drug-likeness (QED) is 0.320. The van der Waals surface area contributed by atoms with Crippen molar-refractivity contribution in [1.82, 2.24) is 0 Å². The summed E-state index contributed by atoms with van der Waals surface area (Å²) in [5, 5.41) is -7.56. The summed E-state index contributed by atoms with van der Waals surface area (Å²) in [4.78, 5) is -4.11. The smallest absolute Gasteiger partial charge is 0.224 e. The highest BCUT2D eigenvalue weighted by Gasteiger charge is 2.92. The van der Waals surface area contributed by atoms with Gasteiger partial charge in [-0.05, 0) is 31.9 Å². The Balaban J connectivity index is 3.96. The SMILES string of the molecule is CS(=O)(=O)c1c(Br)sc(Br)c1S(=O)(=O)C(F)(F)C(F)(F)C(F)(F)C(F)(F)C(F)(F)C(F)(F)F. The van der Waals surface area contributed by atoms with Crippen LogP contribution in [0.3, 0.4) is 0 Å². The van der Waals surface area contributed by atoms with E-state index < -0.39 is 72.2 Å². The van der Waals surface area contributed by atoms with Crippen molar-refractivity contribution in [1.29, 1.82) is 0 Å². The Bertz CT molecular complexity index is 1150. The number of alkyl halides is 13. The minimum atomic E-state index is -8.36. The second-order valence-electron chi connectivity index (χ2n) is 5.90. The van der Waals surface area contributed by atoms with E-state index in [0.717, 1.165) is 0 Å². The normalized spacial score (nSPS) is 15.8. The van der Waals surface area contributed by atoms with Crippen molar-refractivity contribution >= 4 is 62.9 Å². The van der Waals surface area contributed by atoms with Crippen LogP contribution >= 0.6 is 43.2 Å². The van der Waals surface area contributed by atoms with Gasteiger partial charge in [-0.15, -0.1) is 11.3 Å². The molecular formula is C11H3Br2F13O4S3. The Hall–Kier alpha value is -0.350. The Morgan fingerprint density at radius 3 is 1.27 bits per heavy atom. The van der Waals surface area contributed by atoms with E-state index in [2.05, 4.69) is 31.9 Å². The molecule has 194 valence electrons. The van der Waals surface area contributed by atoms with E-state index in [9.17, 15) is 73.9 Å². The lowest BCUT2D eigenvalue weighted by Crippen LogP contribution is -2.71. The van der Waals surface area contributed by atoms with Gasteiger partial charge in [0.05, 0.1) is 7.57 Å². The van der Waals surface area contributed by atoms with E-state index >= 15 is 0 Å². The van der Waals surface area contributed by atoms with E-state index in [1.165, 1.54) is 0 Å². The molecule has 33 heavy (non-hydrogen) atoms. The molecule has 4 nitrogen and oxygen atoms in total. The fourth-order valence-corrected chi connectivity index (χ4v) is 10.2. The molecular weight excluding hydrogens is 699 g/mol. The molecule has 0 aromatic carbocycles. The molecule has 0 amide bonds. The van der Waals surface area contributed by atoms with Crippen LogP contribution in [0.15, 0.2) is 17.4 Å². The molecule has 0 saturated carbocycles. The van der Waals surface area contributed by atoms with Crippen LogP contribution in [-0.4, -0.2) is 58.2 Å². The van der Waals surface area contributed by atoms with E-state index in [-0.39, 0.29) is 17.6 Å². The monoisotopic (exact) mass is 700 g/mol. The molecule has 0 fully saturated rings. The summed E-state index contributed by atoms with van der Waals surface area (Å²) in [6.07, 6.45) is -7.55. The number of hydrogen-bond acceptors (Lipinski definition) is 5. The van der Waals surface area contributed by atoms with Gasteiger partial charge in [0.1, 0.15) is 9.79 Å². The summed E-state index contributed by atoms with van der Waals surface area (Å²) in [6, 6.07) is 0. The molecule has 0 aliphatic heterocycles. The van der Waals surface area contributed by atoms with E-state index in [1.54, 1.807) is 0 Å². The average molecular weight is 702 g/mol. The van der Waals surface area contributed by atoms with Crippen LogP contribution in [0.4, 0.5) is 57.1 Å². The molecule has 1 rings (SSSR count). The third kappa shape index (κ3) is 4.17. The highest BCUT2D eigenvalue weighted by molar-refractivity contribution is 9.12. The van der Waals surface area contributed by atoms with Gasteiger partial charge in [0.25, 0.3) is 9.84 Å². The summed E-state index contributed by atoms with van der Waals surface area (Å²) in [7, 11) is -12.5. The first-order valence-electron chi connectivity index (χ1n) is 6.93. The van der Waals surface area contributed by atoms with Crippen LogP contribution < -0.4 is 0 Å². The number of halogens is 15. The molecule has 0 aliphatic rings. The van der Waals surface area contributed by atoms with Crippen molar-refractivity contribution in [2.75, 3.05) is 6.26 Å². The lowest BCUT2D eigenvalue weighted by atomic mass is 9.98. The third-order valence-corrected chi connectivity index (χ3v) is 10.1. The zero-order chi connectivity index (χ0) is 27.0. The molecule has 0 aliphatic carbocycles. The van der Waals surface area contributed by atoms with Crippen molar-refractivity contribution < 1.29 is 73.9 Å². The van der Waals surface area contributed by atoms with Crippen LogP contribution in [0, 0.1) is 0 Å². The van der Waals surface area contributed by atoms with Gasteiger partial charge in [-0.2, -0.15) is 57.1 Å². The summed E-state index contributed by atoms with van der Waals surface area (Å²) in [6.45, 7) is 0. The van der Waals surface area contributed by atoms with Gasteiger partial charge in [-0.25, -0.2) is 16.8 Å². The molecule has 0 N–H and O–H groups in total. The van der Waals surface area contributed by atoms with Crippen molar-refractivity contribution in [2.45, 2.75) is 44.9 Å². The van der Waals surface area contributed by atoms with Gasteiger partial charge in [0.2, 0.25) is 0 Å². The second kappa shape index (κ2) is 8.08. The van der Waals surface area contributed by atoms with Crippen molar-refractivity contribution in [2.24, 2.45) is 0 Å². The van der Waals surface area contributed by atoms with Gasteiger partial charge in [0.15, 0.2) is 9.84 Å². The molecule has 0 spiro atoms. The fourth-order valence-electron chi connectivity index (χ4n) is 1.94. The van der Waals surface area contributed by atoms with E-state index in [4.69, 9.17) is 0 Å². The van der Waals surface area contributed by atoms with Crippen LogP contribution in [0.2, 0.25) is 0 Å². The maximum atomic E-state index is 14.2. The van der Waals surface area contributed by atoms with Crippen molar-refractivity contribution in [3.8, 4) is 0 Å². The van der Waals surface area contributed by atoms with Crippen LogP contribution in [0.25, 0.3) is 0 Å². The first-order valence-corrected chi connectivity index (χ1v) is 12.7. The molecule has 1 heterocycles. The van der Waals surface area contributed by atoms with Gasteiger partial charge in [-0.1, -0.05) is 0 Å². The van der Waals surface area contributed by atoms with Crippen molar-refractivity contribution in [3.63, 3.8) is 0 Å². The maximum Gasteiger partial charge on any atom is 0.460 e. The predicted molar refractivity (Wildman–Crippen MR) is 90.8 cm³/mol. The average Bonchev–Trinajstić information content (AvgIpc) is 2.87. The molecule has 0 bridgehead atoms. The zero-order valence-corrected chi connectivity index (χ0v) is 20.1. The standard InChI is InChI=1S/C11H3Br2F13O4S3/c1-32(27,28)2-3(5(13)31-4(2)12)33(29,30)11(25,26)9(20,21)7(16,17)6(14,15)8(18,19)10(22,23)24/h1H3. The lowest BCUT2D eigenvalue weighted by Gasteiger charge is -2.39. The summed E-state index contributed by atoms with van der Waals surface area (Å²) < 4.78 is 217. The zero-order valence-electron chi connectivity index (χ0n) is 14.5. The molecule has 1 aromatic rings. The Morgan fingerprint density at radius 2 is 0.939 bits per heavy atom. The molecule has 0 saturated heterocycles. The second-order valence-corrected chi connectivity index (χ2v) is 13.4. The Kier molecular flexibility index (Phi) is 7.51. The highest BCUT2D eigenvalue weighted by atomic mass is 79.9. The Labute approximate surface area is 195 Å². The molecule has 0 atom stereocenters. The Morgan fingerprint density at radius 1 is 0.606 bits per heavy atom. The predicted octanol–water partition coefficient (Wildman–Crippen LogP) is 6.15. The maximum absolute atomic E-state index is 14.2. The topological polar surface area (TPSA) is 68.3 Å². The van der Waals surface area contributed by atoms with Gasteiger partial charge in [-0.3, -0.25) is 0 Å². The minimum Gasteiger partial charge on any atom is -0.224 e. The highest BCUT2D eigenvalue weighted by Crippen LogP contribution is 2.62. The van der Waals surface area contributed by atoms with Crippen molar-refractivity contribution in [3.05, 3.63) is 7.57 Å². The van der Waals surface area contributed by atoms with Crippen LogP contribution in [0.1, 0.15) is 0 Å². The first kappa shape index (κ1) is 30.7. The van der Waals surface area contributed by atoms with Crippen LogP contribution in [-0.2, 0) is 19.7 Å². The lowest BCUT2D eigenvalue weighted by molar-refractivity contribution is -0.433.